The number of aryl methyl sites for hydroxylation is 1. The predicted molar refractivity (Wildman–Crippen MR) is 108 cm³/mol. The lowest BCUT2D eigenvalue weighted by Crippen LogP contribution is -2.62. The van der Waals surface area contributed by atoms with Gasteiger partial charge in [0.1, 0.15) is 5.82 Å². The van der Waals surface area contributed by atoms with Crippen LogP contribution in [0.15, 0.2) is 24.3 Å². The summed E-state index contributed by atoms with van der Waals surface area (Å²) in [6.45, 7) is 1.45. The number of rotatable bonds is 6. The third kappa shape index (κ3) is 4.82. The standard InChI is InChI=1S/C23H29FN2O4/c1-14(30-20(27)7-4-15-2-5-19(24)6-3-15)21(28)25-22(29)26-23-11-16-8-17(12-23)10-18(9-16)13-23/h2-3,5-6,14,16-18H,4,7-13H2,1H3,(H2,25,26,28,29)/t14-,16?,17?,18?,23?/m0/s1. The second kappa shape index (κ2) is 8.36. The number of urea groups is 1. The lowest BCUT2D eigenvalue weighted by molar-refractivity contribution is -0.154. The van der Waals surface area contributed by atoms with Gasteiger partial charge in [-0.25, -0.2) is 9.18 Å². The van der Waals surface area contributed by atoms with Gasteiger partial charge in [0.05, 0.1) is 0 Å². The molecule has 4 saturated carbocycles. The van der Waals surface area contributed by atoms with E-state index in [9.17, 15) is 18.8 Å². The van der Waals surface area contributed by atoms with E-state index in [4.69, 9.17) is 4.74 Å². The Hall–Kier alpha value is -2.44. The van der Waals surface area contributed by atoms with Crippen LogP contribution in [0.4, 0.5) is 9.18 Å². The highest BCUT2D eigenvalue weighted by Crippen LogP contribution is 2.55. The molecule has 4 aliphatic carbocycles. The van der Waals surface area contributed by atoms with Crippen molar-refractivity contribution >= 4 is 17.9 Å². The molecule has 1 aromatic carbocycles. The molecule has 0 aliphatic heterocycles. The summed E-state index contributed by atoms with van der Waals surface area (Å²) >= 11 is 0. The maximum absolute atomic E-state index is 12.9. The summed E-state index contributed by atoms with van der Waals surface area (Å²) in [6, 6.07) is 5.37. The van der Waals surface area contributed by atoms with Crippen LogP contribution < -0.4 is 10.6 Å². The van der Waals surface area contributed by atoms with Crippen LogP contribution in [0.3, 0.4) is 0 Å². The third-order valence-corrected chi connectivity index (χ3v) is 6.86. The summed E-state index contributed by atoms with van der Waals surface area (Å²) in [5, 5.41) is 5.41. The third-order valence-electron chi connectivity index (χ3n) is 6.86. The first-order valence-electron chi connectivity index (χ1n) is 10.9. The average Bonchev–Trinajstić information content (AvgIpc) is 2.65. The van der Waals surface area contributed by atoms with Crippen LogP contribution in [0, 0.1) is 23.6 Å². The zero-order valence-electron chi connectivity index (χ0n) is 17.3. The van der Waals surface area contributed by atoms with E-state index >= 15 is 0 Å². The number of benzene rings is 1. The summed E-state index contributed by atoms with van der Waals surface area (Å²) in [7, 11) is 0. The molecule has 4 aliphatic rings. The maximum Gasteiger partial charge on any atom is 0.321 e. The number of nitrogens with one attached hydrogen (secondary N) is 2. The second-order valence-electron chi connectivity index (χ2n) is 9.40. The molecule has 30 heavy (non-hydrogen) atoms. The minimum Gasteiger partial charge on any atom is -0.453 e. The predicted octanol–water partition coefficient (Wildman–Crippen LogP) is 3.48. The Morgan fingerprint density at radius 2 is 1.63 bits per heavy atom. The molecule has 0 heterocycles. The first kappa shape index (κ1) is 20.8. The van der Waals surface area contributed by atoms with Gasteiger partial charge in [0.2, 0.25) is 0 Å². The van der Waals surface area contributed by atoms with E-state index in [1.807, 2.05) is 0 Å². The second-order valence-corrected chi connectivity index (χ2v) is 9.40. The van der Waals surface area contributed by atoms with Gasteiger partial charge >= 0.3 is 12.0 Å². The monoisotopic (exact) mass is 416 g/mol. The molecule has 4 fully saturated rings. The van der Waals surface area contributed by atoms with Gasteiger partial charge in [-0.1, -0.05) is 12.1 Å². The number of carbonyl (C=O) groups excluding carboxylic acids is 3. The number of ether oxygens (including phenoxy) is 1. The van der Waals surface area contributed by atoms with E-state index in [1.54, 1.807) is 12.1 Å². The van der Waals surface area contributed by atoms with Crippen LogP contribution in [0.25, 0.3) is 0 Å². The van der Waals surface area contributed by atoms with Gasteiger partial charge in [-0.05, 0) is 87.3 Å². The first-order valence-corrected chi connectivity index (χ1v) is 10.9. The SMILES string of the molecule is C[C@H](OC(=O)CCc1ccc(F)cc1)C(=O)NC(=O)NC12CC3CC(CC(C3)C1)C2. The Morgan fingerprint density at radius 3 is 2.20 bits per heavy atom. The Balaban J connectivity index is 1.21. The van der Waals surface area contributed by atoms with Crippen molar-refractivity contribution in [1.82, 2.24) is 10.6 Å². The Labute approximate surface area is 175 Å². The molecular weight excluding hydrogens is 387 g/mol. The molecule has 1 aromatic rings. The van der Waals surface area contributed by atoms with Gasteiger partial charge in [-0.2, -0.15) is 0 Å². The molecule has 0 radical (unpaired) electrons. The van der Waals surface area contributed by atoms with Crippen molar-refractivity contribution in [2.75, 3.05) is 0 Å². The molecule has 2 N–H and O–H groups in total. The molecule has 0 aromatic heterocycles. The van der Waals surface area contributed by atoms with E-state index in [1.165, 1.54) is 38.3 Å². The van der Waals surface area contributed by atoms with Crippen LogP contribution in [0.5, 0.6) is 0 Å². The minimum atomic E-state index is -1.06. The van der Waals surface area contributed by atoms with Gasteiger partial charge in [0, 0.05) is 12.0 Å². The van der Waals surface area contributed by atoms with Crippen molar-refractivity contribution in [1.29, 1.82) is 0 Å². The first-order chi connectivity index (χ1) is 14.3. The van der Waals surface area contributed by atoms with Gasteiger partial charge in [-0.3, -0.25) is 14.9 Å². The highest BCUT2D eigenvalue weighted by atomic mass is 19.1. The molecular formula is C23H29FN2O4. The van der Waals surface area contributed by atoms with E-state index in [0.29, 0.717) is 24.2 Å². The fourth-order valence-electron chi connectivity index (χ4n) is 5.96. The number of amides is 3. The van der Waals surface area contributed by atoms with Crippen molar-refractivity contribution < 1.29 is 23.5 Å². The van der Waals surface area contributed by atoms with Gasteiger partial charge < -0.3 is 10.1 Å². The lowest BCUT2D eigenvalue weighted by atomic mass is 9.53. The molecule has 0 saturated heterocycles. The number of imide groups is 1. The summed E-state index contributed by atoms with van der Waals surface area (Å²) in [4.78, 5) is 36.8. The summed E-state index contributed by atoms with van der Waals surface area (Å²) in [6.07, 6.45) is 6.19. The number of esters is 1. The molecule has 162 valence electrons. The molecule has 0 unspecified atom stereocenters. The van der Waals surface area contributed by atoms with Crippen LogP contribution >= 0.6 is 0 Å². The molecule has 0 spiro atoms. The summed E-state index contributed by atoms with van der Waals surface area (Å²) in [5.74, 6) is 0.559. The molecule has 3 amide bonds. The number of hydrogen-bond donors (Lipinski definition) is 2. The normalized spacial score (nSPS) is 29.9. The number of hydrogen-bond acceptors (Lipinski definition) is 4. The van der Waals surface area contributed by atoms with E-state index in [2.05, 4.69) is 10.6 Å². The van der Waals surface area contributed by atoms with E-state index in [0.717, 1.165) is 24.8 Å². The fraction of sp³-hybridized carbons (Fsp3) is 0.609. The van der Waals surface area contributed by atoms with Crippen molar-refractivity contribution in [2.24, 2.45) is 17.8 Å². The maximum atomic E-state index is 12.9. The van der Waals surface area contributed by atoms with Crippen LogP contribution in [-0.2, 0) is 20.7 Å². The quantitative estimate of drug-likeness (QED) is 0.696. The van der Waals surface area contributed by atoms with Gasteiger partial charge in [0.15, 0.2) is 6.10 Å². The van der Waals surface area contributed by atoms with Crippen molar-refractivity contribution in [3.8, 4) is 0 Å². The average molecular weight is 416 g/mol. The Bertz CT molecular complexity index is 788. The highest BCUT2D eigenvalue weighted by Gasteiger charge is 2.51. The van der Waals surface area contributed by atoms with E-state index < -0.39 is 24.0 Å². The summed E-state index contributed by atoms with van der Waals surface area (Å²) in [5.41, 5.74) is 0.620. The topological polar surface area (TPSA) is 84.5 Å². The Morgan fingerprint density at radius 1 is 1.07 bits per heavy atom. The molecule has 1 atom stereocenters. The van der Waals surface area contributed by atoms with Gasteiger partial charge in [0.25, 0.3) is 5.91 Å². The Kier molecular flexibility index (Phi) is 5.80. The lowest BCUT2D eigenvalue weighted by Gasteiger charge is -2.56. The van der Waals surface area contributed by atoms with Crippen molar-refractivity contribution in [3.05, 3.63) is 35.6 Å². The van der Waals surface area contributed by atoms with E-state index in [-0.39, 0.29) is 17.8 Å². The molecule has 5 rings (SSSR count). The molecule has 7 heteroatoms. The van der Waals surface area contributed by atoms with Crippen LogP contribution in [0.1, 0.15) is 57.4 Å². The smallest absolute Gasteiger partial charge is 0.321 e. The van der Waals surface area contributed by atoms with Gasteiger partial charge in [-0.15, -0.1) is 0 Å². The van der Waals surface area contributed by atoms with Crippen molar-refractivity contribution in [2.45, 2.75) is 69.9 Å². The largest absolute Gasteiger partial charge is 0.453 e. The van der Waals surface area contributed by atoms with Crippen LogP contribution in [0.2, 0.25) is 0 Å². The number of halogens is 1. The molecule has 6 nitrogen and oxygen atoms in total. The fourth-order valence-corrected chi connectivity index (χ4v) is 5.96. The summed E-state index contributed by atoms with van der Waals surface area (Å²) < 4.78 is 18.1. The van der Waals surface area contributed by atoms with Crippen LogP contribution in [-0.4, -0.2) is 29.6 Å². The number of carbonyl (C=O) groups is 3. The highest BCUT2D eigenvalue weighted by molar-refractivity contribution is 5.97. The zero-order chi connectivity index (χ0) is 21.3. The van der Waals surface area contributed by atoms with Crippen molar-refractivity contribution in [3.63, 3.8) is 0 Å². The molecule has 4 bridgehead atoms. The zero-order valence-corrected chi connectivity index (χ0v) is 17.3. The minimum absolute atomic E-state index is 0.0721.